The molecule has 2 aliphatic carbocycles. The summed E-state index contributed by atoms with van der Waals surface area (Å²) in [6.07, 6.45) is 16.6. The van der Waals surface area contributed by atoms with Crippen LogP contribution in [-0.4, -0.2) is 28.6 Å². The lowest BCUT2D eigenvalue weighted by Crippen LogP contribution is -2.33. The number of nitrogens with zero attached hydrogens (tertiary/aromatic N) is 2. The first-order valence-electron chi connectivity index (χ1n) is 11.0. The second-order valence-electron chi connectivity index (χ2n) is 8.65. The molecular weight excluding hydrogens is 382 g/mol. The van der Waals surface area contributed by atoms with Gasteiger partial charge in [0.2, 0.25) is 0 Å². The lowest BCUT2D eigenvalue weighted by molar-refractivity contribution is 0.373. The van der Waals surface area contributed by atoms with Gasteiger partial charge in [0.1, 0.15) is 5.82 Å². The van der Waals surface area contributed by atoms with E-state index in [0.29, 0.717) is 17.1 Å². The van der Waals surface area contributed by atoms with E-state index in [9.17, 15) is 0 Å². The van der Waals surface area contributed by atoms with Crippen LogP contribution in [0.15, 0.2) is 30.7 Å². The Morgan fingerprint density at radius 2 is 1.76 bits per heavy atom. The molecule has 0 radical (unpaired) electrons. The number of nitrogens with one attached hydrogen (secondary N) is 2. The van der Waals surface area contributed by atoms with Crippen LogP contribution >= 0.6 is 11.6 Å². The van der Waals surface area contributed by atoms with Crippen molar-refractivity contribution < 1.29 is 0 Å². The van der Waals surface area contributed by atoms with Crippen molar-refractivity contribution in [2.75, 3.05) is 17.2 Å². The van der Waals surface area contributed by atoms with E-state index < -0.39 is 0 Å². The first-order valence-corrected chi connectivity index (χ1v) is 11.4. The van der Waals surface area contributed by atoms with Gasteiger partial charge in [-0.25, -0.2) is 4.98 Å². The highest BCUT2D eigenvalue weighted by Crippen LogP contribution is 2.31. The molecule has 2 aromatic heterocycles. The third-order valence-corrected chi connectivity index (χ3v) is 6.65. The minimum atomic E-state index is 0.344. The molecule has 2 heterocycles. The summed E-state index contributed by atoms with van der Waals surface area (Å²) in [6, 6.07) is 4.95. The topological polar surface area (TPSA) is 75.9 Å². The fourth-order valence-electron chi connectivity index (χ4n) is 4.55. The maximum absolute atomic E-state index is 6.49. The summed E-state index contributed by atoms with van der Waals surface area (Å²) in [5, 5.41) is 7.79. The third kappa shape index (κ3) is 5.61. The second kappa shape index (κ2) is 9.77. The van der Waals surface area contributed by atoms with Crippen LogP contribution in [0.5, 0.6) is 0 Å². The summed E-state index contributed by atoms with van der Waals surface area (Å²) >= 11 is 6.49. The Hall–Kier alpha value is -1.85. The molecule has 0 bridgehead atoms. The molecule has 4 N–H and O–H groups in total. The summed E-state index contributed by atoms with van der Waals surface area (Å²) in [4.78, 5) is 8.93. The van der Waals surface area contributed by atoms with Crippen molar-refractivity contribution in [2.45, 2.75) is 69.9 Å². The first-order chi connectivity index (χ1) is 14.2. The van der Waals surface area contributed by atoms with Crippen molar-refractivity contribution in [3.63, 3.8) is 0 Å². The molecule has 0 spiro atoms. The van der Waals surface area contributed by atoms with Gasteiger partial charge in [-0.3, -0.25) is 4.98 Å². The van der Waals surface area contributed by atoms with Crippen LogP contribution in [0.3, 0.4) is 0 Å². The van der Waals surface area contributed by atoms with Gasteiger partial charge in [-0.05, 0) is 56.6 Å². The Labute approximate surface area is 178 Å². The largest absolute Gasteiger partial charge is 0.384 e. The minimum Gasteiger partial charge on any atom is -0.384 e. The molecule has 6 heteroatoms. The number of halogens is 1. The summed E-state index contributed by atoms with van der Waals surface area (Å²) < 4.78 is 0. The SMILES string of the molecule is NC1CCC(Nc2cc(-c3cncc(NCC4CCCCC4)c3)c(Cl)cn2)CC1. The minimum absolute atomic E-state index is 0.344. The van der Waals surface area contributed by atoms with Crippen molar-refractivity contribution in [3.8, 4) is 11.1 Å². The van der Waals surface area contributed by atoms with Crippen molar-refractivity contribution in [1.82, 2.24) is 9.97 Å². The second-order valence-corrected chi connectivity index (χ2v) is 9.06. The first kappa shape index (κ1) is 20.4. The fraction of sp³-hybridized carbons (Fsp3) is 0.565. The molecule has 4 rings (SSSR count). The van der Waals surface area contributed by atoms with Gasteiger partial charge < -0.3 is 16.4 Å². The summed E-state index contributed by atoms with van der Waals surface area (Å²) in [7, 11) is 0. The standard InChI is InChI=1S/C23H32ClN5/c24-22-15-28-23(29-19-8-6-18(25)7-9-19)11-21(22)17-10-20(14-26-13-17)27-12-16-4-2-1-3-5-16/h10-11,13-16,18-19,27H,1-9,12,25H2,(H,28,29). The van der Waals surface area contributed by atoms with Gasteiger partial charge in [0.05, 0.1) is 10.7 Å². The van der Waals surface area contributed by atoms with Crippen LogP contribution in [0.1, 0.15) is 57.8 Å². The Morgan fingerprint density at radius 3 is 2.55 bits per heavy atom. The van der Waals surface area contributed by atoms with E-state index in [1.165, 1.54) is 32.1 Å². The molecule has 0 saturated heterocycles. The average molecular weight is 414 g/mol. The van der Waals surface area contributed by atoms with Crippen molar-refractivity contribution in [3.05, 3.63) is 35.7 Å². The molecule has 2 fully saturated rings. The monoisotopic (exact) mass is 413 g/mol. The van der Waals surface area contributed by atoms with E-state index in [2.05, 4.69) is 26.7 Å². The van der Waals surface area contributed by atoms with Crippen LogP contribution in [0.2, 0.25) is 5.02 Å². The Morgan fingerprint density at radius 1 is 0.966 bits per heavy atom. The van der Waals surface area contributed by atoms with E-state index in [0.717, 1.165) is 60.8 Å². The van der Waals surface area contributed by atoms with Gasteiger partial charge in [0.25, 0.3) is 0 Å². The Kier molecular flexibility index (Phi) is 6.88. The highest BCUT2D eigenvalue weighted by atomic mass is 35.5. The lowest BCUT2D eigenvalue weighted by Gasteiger charge is -2.27. The van der Waals surface area contributed by atoms with E-state index >= 15 is 0 Å². The number of rotatable bonds is 6. The molecule has 2 aliphatic rings. The quantitative estimate of drug-likeness (QED) is 0.585. The van der Waals surface area contributed by atoms with Gasteiger partial charge >= 0.3 is 0 Å². The van der Waals surface area contributed by atoms with Crippen LogP contribution in [0, 0.1) is 5.92 Å². The van der Waals surface area contributed by atoms with E-state index in [-0.39, 0.29) is 0 Å². The molecule has 5 nitrogen and oxygen atoms in total. The van der Waals surface area contributed by atoms with E-state index in [1.807, 2.05) is 18.5 Å². The summed E-state index contributed by atoms with van der Waals surface area (Å²) in [5.41, 5.74) is 9.05. The maximum Gasteiger partial charge on any atom is 0.126 e. The number of hydrogen-bond acceptors (Lipinski definition) is 5. The van der Waals surface area contributed by atoms with Crippen molar-refractivity contribution in [1.29, 1.82) is 0 Å². The predicted octanol–water partition coefficient (Wildman–Crippen LogP) is 5.47. The summed E-state index contributed by atoms with van der Waals surface area (Å²) in [6.45, 7) is 1.02. The Bertz CT molecular complexity index is 798. The number of pyridine rings is 2. The number of aromatic nitrogens is 2. The molecule has 0 atom stereocenters. The van der Waals surface area contributed by atoms with Crippen molar-refractivity contribution >= 4 is 23.1 Å². The molecule has 0 unspecified atom stereocenters. The van der Waals surface area contributed by atoms with Gasteiger partial charge in [0.15, 0.2) is 0 Å². The highest BCUT2D eigenvalue weighted by Gasteiger charge is 2.19. The third-order valence-electron chi connectivity index (χ3n) is 6.35. The molecule has 0 amide bonds. The normalized spacial score (nSPS) is 23.0. The van der Waals surface area contributed by atoms with Crippen LogP contribution in [-0.2, 0) is 0 Å². The van der Waals surface area contributed by atoms with Gasteiger partial charge in [-0.15, -0.1) is 0 Å². The number of anilines is 2. The van der Waals surface area contributed by atoms with Crippen LogP contribution in [0.4, 0.5) is 11.5 Å². The van der Waals surface area contributed by atoms with Gasteiger partial charge in [0, 0.05) is 48.3 Å². The van der Waals surface area contributed by atoms with Crippen LogP contribution < -0.4 is 16.4 Å². The van der Waals surface area contributed by atoms with E-state index in [4.69, 9.17) is 17.3 Å². The lowest BCUT2D eigenvalue weighted by atomic mass is 9.89. The zero-order valence-corrected chi connectivity index (χ0v) is 17.8. The maximum atomic E-state index is 6.49. The van der Waals surface area contributed by atoms with Gasteiger partial charge in [-0.1, -0.05) is 30.9 Å². The van der Waals surface area contributed by atoms with E-state index in [1.54, 1.807) is 6.20 Å². The number of hydrogen-bond donors (Lipinski definition) is 3. The molecule has 0 aliphatic heterocycles. The molecule has 2 saturated carbocycles. The smallest absolute Gasteiger partial charge is 0.126 e. The summed E-state index contributed by atoms with van der Waals surface area (Å²) in [5.74, 6) is 1.64. The molecule has 156 valence electrons. The zero-order chi connectivity index (χ0) is 20.1. The fourth-order valence-corrected chi connectivity index (χ4v) is 4.76. The number of nitrogens with two attached hydrogens (primary N) is 1. The van der Waals surface area contributed by atoms with Crippen molar-refractivity contribution in [2.24, 2.45) is 11.7 Å². The predicted molar refractivity (Wildman–Crippen MR) is 121 cm³/mol. The van der Waals surface area contributed by atoms with Gasteiger partial charge in [-0.2, -0.15) is 0 Å². The average Bonchev–Trinajstić information content (AvgIpc) is 2.76. The molecule has 2 aromatic rings. The zero-order valence-electron chi connectivity index (χ0n) is 17.0. The Balaban J connectivity index is 1.44. The highest BCUT2D eigenvalue weighted by molar-refractivity contribution is 6.33. The molecular formula is C23H32ClN5. The molecule has 0 aromatic carbocycles. The van der Waals surface area contributed by atoms with Crippen LogP contribution in [0.25, 0.3) is 11.1 Å². The molecule has 29 heavy (non-hydrogen) atoms.